The van der Waals surface area contributed by atoms with E-state index in [0.29, 0.717) is 11.5 Å². The van der Waals surface area contributed by atoms with Gasteiger partial charge in [-0.15, -0.1) is 0 Å². The standard InChI is InChI=1S/C26H28N2/c1-16-12-24(22-9-7-21(15-27)8-10-22)13-17(2)25(16)26-18(3)11-23(20(26)5)14-19(4)28-6/h7-10,12-13,23,26,28H,3-5,11,14H2,1-2,6H3. The van der Waals surface area contributed by atoms with E-state index in [1.807, 2.05) is 31.3 Å². The minimum Gasteiger partial charge on any atom is -0.392 e. The van der Waals surface area contributed by atoms with Crippen LogP contribution in [0.1, 0.15) is 41.0 Å². The van der Waals surface area contributed by atoms with E-state index in [9.17, 15) is 0 Å². The smallest absolute Gasteiger partial charge is 0.0991 e. The molecule has 0 radical (unpaired) electrons. The second kappa shape index (κ2) is 7.90. The van der Waals surface area contributed by atoms with Crippen molar-refractivity contribution < 1.29 is 0 Å². The monoisotopic (exact) mass is 368 g/mol. The molecule has 1 aliphatic carbocycles. The van der Waals surface area contributed by atoms with Gasteiger partial charge in [0, 0.05) is 18.7 Å². The number of nitrogens with zero attached hydrogens (tertiary/aromatic N) is 1. The van der Waals surface area contributed by atoms with Crippen LogP contribution >= 0.6 is 0 Å². The van der Waals surface area contributed by atoms with Crippen LogP contribution < -0.4 is 5.32 Å². The van der Waals surface area contributed by atoms with Crippen molar-refractivity contribution in [3.63, 3.8) is 0 Å². The van der Waals surface area contributed by atoms with Gasteiger partial charge in [-0.05, 0) is 72.6 Å². The molecule has 0 bridgehead atoms. The van der Waals surface area contributed by atoms with Gasteiger partial charge in [0.25, 0.3) is 0 Å². The molecule has 1 fully saturated rings. The molecule has 0 amide bonds. The molecule has 0 heterocycles. The van der Waals surface area contributed by atoms with Gasteiger partial charge < -0.3 is 5.32 Å². The van der Waals surface area contributed by atoms with Crippen molar-refractivity contribution in [3.8, 4) is 17.2 Å². The van der Waals surface area contributed by atoms with Crippen molar-refractivity contribution in [1.29, 1.82) is 5.26 Å². The first-order valence-electron chi connectivity index (χ1n) is 9.69. The maximum absolute atomic E-state index is 9.01. The highest BCUT2D eigenvalue weighted by Gasteiger charge is 2.34. The second-order valence-corrected chi connectivity index (χ2v) is 7.84. The molecule has 0 aromatic heterocycles. The Hall–Kier alpha value is -3.05. The zero-order valence-corrected chi connectivity index (χ0v) is 17.1. The fourth-order valence-corrected chi connectivity index (χ4v) is 4.39. The highest BCUT2D eigenvalue weighted by molar-refractivity contribution is 5.68. The highest BCUT2D eigenvalue weighted by Crippen LogP contribution is 2.49. The molecule has 0 saturated heterocycles. The molecule has 1 saturated carbocycles. The predicted molar refractivity (Wildman–Crippen MR) is 118 cm³/mol. The summed E-state index contributed by atoms with van der Waals surface area (Å²) in [7, 11) is 1.92. The molecule has 2 nitrogen and oxygen atoms in total. The Labute approximate surface area is 168 Å². The van der Waals surface area contributed by atoms with Crippen molar-refractivity contribution in [2.75, 3.05) is 7.05 Å². The molecule has 2 aromatic rings. The van der Waals surface area contributed by atoms with Crippen LogP contribution in [0.4, 0.5) is 0 Å². The minimum atomic E-state index is 0.213. The Bertz CT molecular complexity index is 963. The lowest BCUT2D eigenvalue weighted by Gasteiger charge is -2.22. The van der Waals surface area contributed by atoms with Crippen LogP contribution in [-0.4, -0.2) is 7.05 Å². The lowest BCUT2D eigenvalue weighted by molar-refractivity contribution is 0.625. The molecule has 2 heteroatoms. The third-order valence-corrected chi connectivity index (χ3v) is 5.89. The van der Waals surface area contributed by atoms with E-state index in [-0.39, 0.29) is 5.92 Å². The number of benzene rings is 2. The maximum Gasteiger partial charge on any atom is 0.0991 e. The molecule has 28 heavy (non-hydrogen) atoms. The fraction of sp³-hybridized carbons (Fsp3) is 0.269. The third kappa shape index (κ3) is 3.66. The van der Waals surface area contributed by atoms with Gasteiger partial charge in [-0.2, -0.15) is 5.26 Å². The molecule has 1 aliphatic rings. The summed E-state index contributed by atoms with van der Waals surface area (Å²) in [5.74, 6) is 0.610. The molecule has 142 valence electrons. The van der Waals surface area contributed by atoms with Crippen LogP contribution in [0.5, 0.6) is 0 Å². The molecule has 0 spiro atoms. The highest BCUT2D eigenvalue weighted by atomic mass is 14.8. The third-order valence-electron chi connectivity index (χ3n) is 5.89. The molecule has 2 aromatic carbocycles. The Balaban J connectivity index is 1.94. The van der Waals surface area contributed by atoms with Crippen molar-refractivity contribution in [3.05, 3.63) is 95.2 Å². The Morgan fingerprint density at radius 2 is 1.71 bits per heavy atom. The van der Waals surface area contributed by atoms with E-state index in [0.717, 1.165) is 24.1 Å². The lowest BCUT2D eigenvalue weighted by Crippen LogP contribution is -2.10. The van der Waals surface area contributed by atoms with Crippen molar-refractivity contribution in [2.45, 2.75) is 32.6 Å². The Morgan fingerprint density at radius 3 is 2.25 bits per heavy atom. The molecule has 1 N–H and O–H groups in total. The largest absolute Gasteiger partial charge is 0.392 e. The van der Waals surface area contributed by atoms with Crippen LogP contribution in [0.25, 0.3) is 11.1 Å². The van der Waals surface area contributed by atoms with Gasteiger partial charge in [0.05, 0.1) is 11.6 Å². The average Bonchev–Trinajstić information content (AvgIpc) is 2.95. The number of hydrogen-bond acceptors (Lipinski definition) is 2. The van der Waals surface area contributed by atoms with Crippen LogP contribution in [0, 0.1) is 31.1 Å². The lowest BCUT2D eigenvalue weighted by atomic mass is 9.82. The van der Waals surface area contributed by atoms with Gasteiger partial charge in [-0.1, -0.05) is 55.1 Å². The SMILES string of the molecule is C=C(CC1CC(=C)C(c2c(C)cc(-c3ccc(C#N)cc3)cc2C)C1=C)NC. The van der Waals surface area contributed by atoms with E-state index < -0.39 is 0 Å². The first kappa shape index (κ1) is 19.7. The summed E-state index contributed by atoms with van der Waals surface area (Å²) in [5.41, 5.74) is 10.4. The topological polar surface area (TPSA) is 35.8 Å². The number of nitriles is 1. The van der Waals surface area contributed by atoms with Crippen LogP contribution in [0.15, 0.2) is 73.0 Å². The number of allylic oxidation sites excluding steroid dienone is 3. The summed E-state index contributed by atoms with van der Waals surface area (Å²) >= 11 is 0. The molecular formula is C26H28N2. The van der Waals surface area contributed by atoms with Crippen molar-refractivity contribution in [1.82, 2.24) is 5.32 Å². The first-order chi connectivity index (χ1) is 13.3. The Morgan fingerprint density at radius 1 is 1.11 bits per heavy atom. The number of nitrogens with one attached hydrogen (secondary N) is 1. The van der Waals surface area contributed by atoms with E-state index >= 15 is 0 Å². The van der Waals surface area contributed by atoms with Crippen LogP contribution in [0.3, 0.4) is 0 Å². The van der Waals surface area contributed by atoms with Gasteiger partial charge in [0.1, 0.15) is 0 Å². The maximum atomic E-state index is 9.01. The quantitative estimate of drug-likeness (QED) is 0.640. The summed E-state index contributed by atoms with van der Waals surface area (Å²) in [5, 5.41) is 12.2. The van der Waals surface area contributed by atoms with Gasteiger partial charge in [-0.3, -0.25) is 0 Å². The fourth-order valence-electron chi connectivity index (χ4n) is 4.39. The number of rotatable bonds is 5. The van der Waals surface area contributed by atoms with Crippen molar-refractivity contribution >= 4 is 0 Å². The molecule has 0 aliphatic heterocycles. The van der Waals surface area contributed by atoms with E-state index in [1.54, 1.807) is 0 Å². The number of aryl methyl sites for hydroxylation is 2. The predicted octanol–water partition coefficient (Wildman–Crippen LogP) is 6.18. The summed E-state index contributed by atoms with van der Waals surface area (Å²) in [6.07, 6.45) is 1.88. The van der Waals surface area contributed by atoms with Crippen LogP contribution in [-0.2, 0) is 0 Å². The molecular weight excluding hydrogens is 340 g/mol. The summed E-state index contributed by atoms with van der Waals surface area (Å²) in [4.78, 5) is 0. The van der Waals surface area contributed by atoms with Gasteiger partial charge in [0.2, 0.25) is 0 Å². The summed E-state index contributed by atoms with van der Waals surface area (Å²) in [6, 6.07) is 14.4. The summed E-state index contributed by atoms with van der Waals surface area (Å²) in [6.45, 7) is 17.3. The van der Waals surface area contributed by atoms with Gasteiger partial charge >= 0.3 is 0 Å². The normalized spacial score (nSPS) is 18.8. The molecule has 3 rings (SSSR count). The average molecular weight is 369 g/mol. The van der Waals surface area contributed by atoms with E-state index in [1.165, 1.54) is 33.4 Å². The zero-order valence-electron chi connectivity index (χ0n) is 17.1. The second-order valence-electron chi connectivity index (χ2n) is 7.84. The number of hydrogen-bond donors (Lipinski definition) is 1. The van der Waals surface area contributed by atoms with E-state index in [4.69, 9.17) is 5.26 Å². The summed E-state index contributed by atoms with van der Waals surface area (Å²) < 4.78 is 0. The first-order valence-corrected chi connectivity index (χ1v) is 9.69. The minimum absolute atomic E-state index is 0.213. The van der Waals surface area contributed by atoms with Gasteiger partial charge in [-0.25, -0.2) is 0 Å². The van der Waals surface area contributed by atoms with E-state index in [2.05, 4.69) is 57.1 Å². The van der Waals surface area contributed by atoms with Crippen LogP contribution in [0.2, 0.25) is 0 Å². The molecule has 2 atom stereocenters. The zero-order chi connectivity index (χ0) is 20.4. The van der Waals surface area contributed by atoms with Gasteiger partial charge in [0.15, 0.2) is 0 Å². The Kier molecular flexibility index (Phi) is 5.56. The molecule has 2 unspecified atom stereocenters. The van der Waals surface area contributed by atoms with Crippen molar-refractivity contribution in [2.24, 2.45) is 5.92 Å².